The Kier molecular flexibility index (Phi) is 7.04. The summed E-state index contributed by atoms with van der Waals surface area (Å²) in [7, 11) is -2.98. The Morgan fingerprint density at radius 3 is 2.40 bits per heavy atom. The lowest BCUT2D eigenvalue weighted by Crippen LogP contribution is -2.34. The molecule has 0 saturated heterocycles. The maximum atomic E-state index is 13.6. The van der Waals surface area contributed by atoms with Gasteiger partial charge in [0.25, 0.3) is 11.5 Å². The predicted octanol–water partition coefficient (Wildman–Crippen LogP) is 3.18. The maximum Gasteiger partial charge on any atom is 0.265 e. The average molecular weight is 495 g/mol. The fourth-order valence-corrected chi connectivity index (χ4v) is 4.87. The number of rotatable bonds is 8. The summed E-state index contributed by atoms with van der Waals surface area (Å²) in [5, 5.41) is 7.35. The molecule has 0 saturated carbocycles. The van der Waals surface area contributed by atoms with Crippen molar-refractivity contribution in [2.45, 2.75) is 13.0 Å². The molecule has 0 fully saturated rings. The third kappa shape index (κ3) is 5.45. The van der Waals surface area contributed by atoms with E-state index in [0.29, 0.717) is 23.0 Å². The monoisotopic (exact) mass is 495 g/mol. The van der Waals surface area contributed by atoms with E-state index in [4.69, 9.17) is 4.52 Å². The Labute approximate surface area is 200 Å². The van der Waals surface area contributed by atoms with Crippen molar-refractivity contribution in [1.82, 2.24) is 25.1 Å². The minimum absolute atomic E-state index is 0.167. The molecule has 0 aliphatic heterocycles. The second kappa shape index (κ2) is 10.2. The van der Waals surface area contributed by atoms with Crippen molar-refractivity contribution in [3.8, 4) is 5.95 Å². The summed E-state index contributed by atoms with van der Waals surface area (Å²) in [6, 6.07) is 13.4. The van der Waals surface area contributed by atoms with Gasteiger partial charge in [0.2, 0.25) is 13.3 Å². The van der Waals surface area contributed by atoms with Crippen LogP contribution in [0.15, 0.2) is 78.0 Å². The molecule has 2 heterocycles. The fourth-order valence-electron chi connectivity index (χ4n) is 3.54. The lowest BCUT2D eigenvalue weighted by atomic mass is 9.98. The number of nitrogens with zero attached hydrogens (tertiary/aromatic N) is 3. The molecule has 0 bridgehead atoms. The Morgan fingerprint density at radius 1 is 1.17 bits per heavy atom. The number of halogens is 1. The molecule has 4 rings (SSSR count). The highest BCUT2D eigenvalue weighted by Gasteiger charge is 2.23. The quantitative estimate of drug-likeness (QED) is 0.363. The Morgan fingerprint density at radius 2 is 1.83 bits per heavy atom. The highest BCUT2D eigenvalue weighted by atomic mass is 31.2. The first-order chi connectivity index (χ1) is 16.8. The lowest BCUT2D eigenvalue weighted by molar-refractivity contribution is 0.0941. The number of amides is 1. The van der Waals surface area contributed by atoms with Crippen molar-refractivity contribution in [3.05, 3.63) is 106 Å². The molecule has 1 amide bonds. The smallest absolute Gasteiger partial charge is 0.265 e. The number of nitrogens with one attached hydrogen (secondary N) is 2. The van der Waals surface area contributed by atoms with Crippen LogP contribution in [-0.2, 0) is 9.09 Å². The number of H-pyrrole nitrogens is 1. The SMILES string of the molecule is CCOP(C)(=O)c1ccc(C(NC(=O)c2cnc(-n3cccn3)[nH]c2=O)c2ccc(F)cc2)cc1. The van der Waals surface area contributed by atoms with E-state index in [9.17, 15) is 18.5 Å². The first-order valence-corrected chi connectivity index (χ1v) is 12.8. The molecule has 0 aliphatic carbocycles. The minimum atomic E-state index is -2.98. The number of aromatic amines is 1. The summed E-state index contributed by atoms with van der Waals surface area (Å²) in [5.74, 6) is -0.923. The molecule has 0 radical (unpaired) electrons. The molecular formula is C24H23FN5O4P. The summed E-state index contributed by atoms with van der Waals surface area (Å²) in [6.45, 7) is 3.62. The molecule has 180 valence electrons. The Hall–Kier alpha value is -3.88. The minimum Gasteiger partial charge on any atom is -0.341 e. The third-order valence-electron chi connectivity index (χ3n) is 5.30. The molecule has 2 unspecified atom stereocenters. The van der Waals surface area contributed by atoms with Crippen LogP contribution in [0.4, 0.5) is 4.39 Å². The first kappa shape index (κ1) is 24.3. The molecule has 0 spiro atoms. The van der Waals surface area contributed by atoms with Gasteiger partial charge in [-0.1, -0.05) is 24.3 Å². The van der Waals surface area contributed by atoms with E-state index in [0.717, 1.165) is 0 Å². The van der Waals surface area contributed by atoms with Gasteiger partial charge >= 0.3 is 0 Å². The van der Waals surface area contributed by atoms with Gasteiger partial charge in [0, 0.05) is 30.6 Å². The number of aromatic nitrogens is 4. The van der Waals surface area contributed by atoms with Gasteiger partial charge < -0.3 is 9.84 Å². The number of carbonyl (C=O) groups excluding carboxylic acids is 1. The number of hydrogen-bond donors (Lipinski definition) is 2. The lowest BCUT2D eigenvalue weighted by Gasteiger charge is -2.21. The van der Waals surface area contributed by atoms with Crippen molar-refractivity contribution in [1.29, 1.82) is 0 Å². The second-order valence-corrected chi connectivity index (χ2v) is 10.2. The number of hydrogen-bond acceptors (Lipinski definition) is 6. The van der Waals surface area contributed by atoms with Gasteiger partial charge in [-0.15, -0.1) is 0 Å². The summed E-state index contributed by atoms with van der Waals surface area (Å²) in [4.78, 5) is 32.3. The summed E-state index contributed by atoms with van der Waals surface area (Å²) >= 11 is 0. The number of carbonyl (C=O) groups is 1. The molecular weight excluding hydrogens is 472 g/mol. The molecule has 11 heteroatoms. The van der Waals surface area contributed by atoms with E-state index in [1.165, 1.54) is 35.9 Å². The van der Waals surface area contributed by atoms with Crippen LogP contribution in [-0.4, -0.2) is 38.9 Å². The first-order valence-electron chi connectivity index (χ1n) is 10.8. The molecule has 9 nitrogen and oxygen atoms in total. The van der Waals surface area contributed by atoms with Crippen molar-refractivity contribution in [3.63, 3.8) is 0 Å². The molecule has 2 N–H and O–H groups in total. The van der Waals surface area contributed by atoms with Crippen LogP contribution in [0, 0.1) is 5.82 Å². The van der Waals surface area contributed by atoms with Crippen LogP contribution >= 0.6 is 7.37 Å². The van der Waals surface area contributed by atoms with Crippen LogP contribution in [0.5, 0.6) is 0 Å². The molecule has 2 aromatic heterocycles. The van der Waals surface area contributed by atoms with Crippen LogP contribution in [0.3, 0.4) is 0 Å². The van der Waals surface area contributed by atoms with Gasteiger partial charge in [-0.05, 0) is 48.4 Å². The van der Waals surface area contributed by atoms with Crippen molar-refractivity contribution in [2.24, 2.45) is 0 Å². The number of benzene rings is 2. The summed E-state index contributed by atoms with van der Waals surface area (Å²) in [5.41, 5.74) is 0.399. The van der Waals surface area contributed by atoms with Crippen LogP contribution < -0.4 is 16.2 Å². The van der Waals surface area contributed by atoms with Crippen LogP contribution in [0.1, 0.15) is 34.5 Å². The van der Waals surface area contributed by atoms with Gasteiger partial charge in [-0.2, -0.15) is 5.10 Å². The molecule has 0 aliphatic rings. The molecule has 4 aromatic rings. The zero-order valence-electron chi connectivity index (χ0n) is 19.0. The van der Waals surface area contributed by atoms with E-state index in [1.807, 2.05) is 0 Å². The summed E-state index contributed by atoms with van der Waals surface area (Å²) in [6.07, 6.45) is 4.31. The van der Waals surface area contributed by atoms with Crippen LogP contribution in [0.2, 0.25) is 0 Å². The molecule has 2 aromatic carbocycles. The van der Waals surface area contributed by atoms with E-state index >= 15 is 0 Å². The van der Waals surface area contributed by atoms with Gasteiger partial charge in [0.1, 0.15) is 11.4 Å². The van der Waals surface area contributed by atoms with E-state index in [1.54, 1.807) is 55.6 Å². The van der Waals surface area contributed by atoms with Crippen LogP contribution in [0.25, 0.3) is 5.95 Å². The van der Waals surface area contributed by atoms with Crippen molar-refractivity contribution in [2.75, 3.05) is 13.3 Å². The zero-order chi connectivity index (χ0) is 25.0. The second-order valence-electron chi connectivity index (χ2n) is 7.71. The Bertz CT molecular complexity index is 1420. The Balaban J connectivity index is 1.65. The fraction of sp³-hybridized carbons (Fsp3) is 0.167. The molecule has 2 atom stereocenters. The van der Waals surface area contributed by atoms with Gasteiger partial charge in [0.15, 0.2) is 0 Å². The van der Waals surface area contributed by atoms with E-state index in [-0.39, 0.29) is 11.5 Å². The average Bonchev–Trinajstić information content (AvgIpc) is 3.38. The largest absolute Gasteiger partial charge is 0.341 e. The third-order valence-corrected chi connectivity index (χ3v) is 7.29. The van der Waals surface area contributed by atoms with Gasteiger partial charge in [0.05, 0.1) is 12.6 Å². The maximum absolute atomic E-state index is 13.6. The highest BCUT2D eigenvalue weighted by Crippen LogP contribution is 2.41. The normalized spacial score (nSPS) is 13.7. The van der Waals surface area contributed by atoms with Crippen molar-refractivity contribution < 1.29 is 18.3 Å². The van der Waals surface area contributed by atoms with E-state index in [2.05, 4.69) is 20.4 Å². The van der Waals surface area contributed by atoms with E-state index < -0.39 is 30.7 Å². The van der Waals surface area contributed by atoms with Crippen molar-refractivity contribution >= 4 is 18.6 Å². The zero-order valence-corrected chi connectivity index (χ0v) is 19.9. The van der Waals surface area contributed by atoms with Gasteiger partial charge in [-0.25, -0.2) is 14.1 Å². The van der Waals surface area contributed by atoms with Gasteiger partial charge in [-0.3, -0.25) is 19.1 Å². The highest BCUT2D eigenvalue weighted by molar-refractivity contribution is 7.66. The topological polar surface area (TPSA) is 119 Å². The summed E-state index contributed by atoms with van der Waals surface area (Å²) < 4.78 is 33.0. The standard InChI is InChI=1S/C24H23FN5O4P/c1-3-34-35(2,33)19-11-7-17(8-12-19)21(16-5-9-18(25)10-6-16)28-22(31)20-15-26-24(29-23(20)32)30-14-4-13-27-30/h4-15,21H,3H2,1-2H3,(H,28,31)(H,26,29,32). The predicted molar refractivity (Wildman–Crippen MR) is 129 cm³/mol. The molecule has 35 heavy (non-hydrogen) atoms.